The molecule has 4 heterocycles. The van der Waals surface area contributed by atoms with Crippen LogP contribution in [0, 0.1) is 5.82 Å². The fourth-order valence-electron chi connectivity index (χ4n) is 5.36. The number of aromatic nitrogens is 2. The molecule has 3 aromatic rings. The lowest BCUT2D eigenvalue weighted by Crippen LogP contribution is -2.47. The van der Waals surface area contributed by atoms with Gasteiger partial charge in [-0.3, -0.25) is 14.5 Å². The molecule has 3 fully saturated rings. The SMILES string of the molecule is CC(=O)NC[C@H]1CN(c2ccc(N3CCN(c4nc5c(cc4F)c(=O)c(C(=O)O)cn5C4CC4)CC3)cc2)C(=O)O1. The number of nitrogens with zero attached hydrogens (tertiary/aromatic N) is 5. The number of carboxylic acids is 1. The zero-order valence-electron chi connectivity index (χ0n) is 22.4. The number of halogens is 1. The quantitative estimate of drug-likeness (QED) is 0.443. The number of hydrogen-bond donors (Lipinski definition) is 2. The highest BCUT2D eigenvalue weighted by molar-refractivity contribution is 5.92. The number of rotatable bonds is 7. The van der Waals surface area contributed by atoms with Gasteiger partial charge in [0.05, 0.1) is 18.5 Å². The maximum absolute atomic E-state index is 15.2. The Kier molecular flexibility index (Phi) is 6.72. The van der Waals surface area contributed by atoms with Crippen molar-refractivity contribution in [3.63, 3.8) is 0 Å². The number of ether oxygens (including phenoxy) is 1. The number of benzene rings is 1. The van der Waals surface area contributed by atoms with E-state index < -0.39 is 29.4 Å². The molecule has 2 saturated heterocycles. The molecule has 41 heavy (non-hydrogen) atoms. The van der Waals surface area contributed by atoms with Crippen molar-refractivity contribution in [2.75, 3.05) is 54.0 Å². The van der Waals surface area contributed by atoms with Crippen LogP contribution in [0.25, 0.3) is 11.0 Å². The number of piperazine rings is 1. The van der Waals surface area contributed by atoms with E-state index in [1.54, 1.807) is 4.57 Å². The zero-order valence-corrected chi connectivity index (χ0v) is 22.4. The molecule has 2 aromatic heterocycles. The summed E-state index contributed by atoms with van der Waals surface area (Å²) in [5.41, 5.74) is 0.825. The first-order valence-electron chi connectivity index (χ1n) is 13.5. The van der Waals surface area contributed by atoms with Crippen LogP contribution in [0.15, 0.2) is 41.3 Å². The largest absolute Gasteiger partial charge is 0.477 e. The Morgan fingerprint density at radius 3 is 2.37 bits per heavy atom. The highest BCUT2D eigenvalue weighted by Crippen LogP contribution is 2.37. The summed E-state index contributed by atoms with van der Waals surface area (Å²) in [5.74, 6) is -2.04. The summed E-state index contributed by atoms with van der Waals surface area (Å²) in [5, 5.41) is 12.1. The van der Waals surface area contributed by atoms with Gasteiger partial charge in [0.25, 0.3) is 0 Å². The molecule has 3 aliphatic rings. The molecular formula is C28H29FN6O6. The number of fused-ring (bicyclic) bond motifs is 1. The number of anilines is 3. The number of pyridine rings is 2. The molecule has 1 saturated carbocycles. The summed E-state index contributed by atoms with van der Waals surface area (Å²) in [6.45, 7) is 4.17. The fourth-order valence-corrected chi connectivity index (χ4v) is 5.36. The van der Waals surface area contributed by atoms with E-state index in [4.69, 9.17) is 4.74 Å². The lowest BCUT2D eigenvalue weighted by atomic mass is 10.1. The predicted molar refractivity (Wildman–Crippen MR) is 148 cm³/mol. The Bertz CT molecular complexity index is 1600. The third-order valence-electron chi connectivity index (χ3n) is 7.67. The van der Waals surface area contributed by atoms with Gasteiger partial charge in [0.2, 0.25) is 11.3 Å². The zero-order chi connectivity index (χ0) is 28.8. The second-order valence-corrected chi connectivity index (χ2v) is 10.5. The van der Waals surface area contributed by atoms with Crippen LogP contribution in [-0.4, -0.2) is 78.0 Å². The maximum atomic E-state index is 15.2. The molecule has 0 radical (unpaired) electrons. The molecule has 1 aromatic carbocycles. The molecule has 1 aliphatic carbocycles. The van der Waals surface area contributed by atoms with Crippen LogP contribution in [0.3, 0.4) is 0 Å². The van der Waals surface area contributed by atoms with Gasteiger partial charge in [0.1, 0.15) is 17.3 Å². The van der Waals surface area contributed by atoms with Crippen molar-refractivity contribution >= 4 is 46.2 Å². The van der Waals surface area contributed by atoms with Crippen molar-refractivity contribution in [2.45, 2.75) is 31.9 Å². The number of hydrogen-bond acceptors (Lipinski definition) is 8. The standard InChI is InChI=1S/C28H29FN6O6/c1-16(36)30-13-20-14-35(28(40)41-20)19-4-2-17(3-5-19)32-8-10-33(11-9-32)26-23(29)12-21-24(37)22(27(38)39)15-34(18-6-7-18)25(21)31-26/h2-5,12,15,18,20H,6-11,13-14H2,1H3,(H,30,36)(H,38,39)/t20-/m0/s1. The number of cyclic esters (lactones) is 1. The molecule has 13 heteroatoms. The third-order valence-corrected chi connectivity index (χ3v) is 7.67. The Hall–Kier alpha value is -4.68. The van der Waals surface area contributed by atoms with E-state index in [-0.39, 0.29) is 35.3 Å². The summed E-state index contributed by atoms with van der Waals surface area (Å²) >= 11 is 0. The van der Waals surface area contributed by atoms with E-state index in [0.717, 1.165) is 24.6 Å². The van der Waals surface area contributed by atoms with Gasteiger partial charge in [-0.15, -0.1) is 0 Å². The summed E-state index contributed by atoms with van der Waals surface area (Å²) in [6.07, 6.45) is 2.14. The number of carboxylic acid groups (broad SMARTS) is 1. The Morgan fingerprint density at radius 1 is 1.07 bits per heavy atom. The number of carbonyl (C=O) groups excluding carboxylic acids is 2. The van der Waals surface area contributed by atoms with Crippen molar-refractivity contribution in [2.24, 2.45) is 0 Å². The van der Waals surface area contributed by atoms with E-state index in [9.17, 15) is 24.3 Å². The second kappa shape index (κ2) is 10.4. The number of nitrogens with one attached hydrogen (secondary N) is 1. The van der Waals surface area contributed by atoms with E-state index in [2.05, 4.69) is 15.2 Å². The molecule has 2 amide bonds. The minimum Gasteiger partial charge on any atom is -0.477 e. The lowest BCUT2D eigenvalue weighted by Gasteiger charge is -2.37. The van der Waals surface area contributed by atoms with Crippen molar-refractivity contribution < 1.29 is 28.6 Å². The third kappa shape index (κ3) is 5.14. The first-order valence-corrected chi connectivity index (χ1v) is 13.5. The van der Waals surface area contributed by atoms with Crippen LogP contribution in [0.1, 0.15) is 36.2 Å². The Morgan fingerprint density at radius 2 is 1.73 bits per heavy atom. The first kappa shape index (κ1) is 26.5. The Labute approximate surface area is 233 Å². The van der Waals surface area contributed by atoms with Gasteiger partial charge in [-0.2, -0.15) is 0 Å². The maximum Gasteiger partial charge on any atom is 0.414 e. The van der Waals surface area contributed by atoms with E-state index in [1.807, 2.05) is 29.2 Å². The topological polar surface area (TPSA) is 137 Å². The molecule has 1 atom stereocenters. The molecule has 0 unspecified atom stereocenters. The van der Waals surface area contributed by atoms with Crippen molar-refractivity contribution in [1.29, 1.82) is 0 Å². The summed E-state index contributed by atoms with van der Waals surface area (Å²) in [6, 6.07) is 8.69. The van der Waals surface area contributed by atoms with Gasteiger partial charge in [0, 0.05) is 56.7 Å². The summed E-state index contributed by atoms with van der Waals surface area (Å²) in [4.78, 5) is 57.9. The second-order valence-electron chi connectivity index (χ2n) is 10.5. The minimum absolute atomic E-state index is 0.0277. The summed E-state index contributed by atoms with van der Waals surface area (Å²) < 4.78 is 22.3. The minimum atomic E-state index is -1.34. The van der Waals surface area contributed by atoms with Crippen molar-refractivity contribution in [3.05, 3.63) is 58.1 Å². The van der Waals surface area contributed by atoms with Gasteiger partial charge in [-0.05, 0) is 43.2 Å². The molecule has 2 N–H and O–H groups in total. The average molecular weight is 565 g/mol. The smallest absolute Gasteiger partial charge is 0.414 e. The van der Waals surface area contributed by atoms with Crippen LogP contribution in [0.5, 0.6) is 0 Å². The van der Waals surface area contributed by atoms with Crippen LogP contribution in [-0.2, 0) is 9.53 Å². The van der Waals surface area contributed by atoms with E-state index in [1.165, 1.54) is 18.0 Å². The fraction of sp³-hybridized carbons (Fsp3) is 0.393. The molecule has 12 nitrogen and oxygen atoms in total. The molecule has 0 spiro atoms. The highest BCUT2D eigenvalue weighted by Gasteiger charge is 2.33. The van der Waals surface area contributed by atoms with Gasteiger partial charge >= 0.3 is 12.1 Å². The monoisotopic (exact) mass is 564 g/mol. The lowest BCUT2D eigenvalue weighted by molar-refractivity contribution is -0.119. The highest BCUT2D eigenvalue weighted by atomic mass is 19.1. The molecule has 2 aliphatic heterocycles. The molecule has 214 valence electrons. The van der Waals surface area contributed by atoms with Crippen molar-refractivity contribution in [1.82, 2.24) is 14.9 Å². The molecule has 0 bridgehead atoms. The molecule has 6 rings (SSSR count). The number of amides is 2. The van der Waals surface area contributed by atoms with Gasteiger partial charge in [0.15, 0.2) is 11.6 Å². The average Bonchev–Trinajstić information content (AvgIpc) is 3.73. The van der Waals surface area contributed by atoms with Gasteiger partial charge in [-0.1, -0.05) is 0 Å². The van der Waals surface area contributed by atoms with Gasteiger partial charge < -0.3 is 29.5 Å². The van der Waals surface area contributed by atoms with Crippen LogP contribution >= 0.6 is 0 Å². The summed E-state index contributed by atoms with van der Waals surface area (Å²) in [7, 11) is 0. The van der Waals surface area contributed by atoms with Crippen LogP contribution < -0.4 is 25.4 Å². The van der Waals surface area contributed by atoms with E-state index in [0.29, 0.717) is 44.1 Å². The number of aromatic carboxylic acids is 1. The van der Waals surface area contributed by atoms with Gasteiger partial charge in [-0.25, -0.2) is 19.0 Å². The van der Waals surface area contributed by atoms with Crippen LogP contribution in [0.2, 0.25) is 0 Å². The normalized spacial score (nSPS) is 19.0. The first-order chi connectivity index (χ1) is 19.7. The predicted octanol–water partition coefficient (Wildman–Crippen LogP) is 2.36. The van der Waals surface area contributed by atoms with Crippen LogP contribution in [0.4, 0.5) is 26.4 Å². The van der Waals surface area contributed by atoms with Crippen molar-refractivity contribution in [3.8, 4) is 0 Å². The van der Waals surface area contributed by atoms with E-state index >= 15 is 4.39 Å². The molecular weight excluding hydrogens is 535 g/mol. The number of carbonyl (C=O) groups is 3. The Balaban J connectivity index is 1.15.